The van der Waals surface area contributed by atoms with Crippen molar-refractivity contribution < 1.29 is 9.47 Å². The molecule has 1 saturated heterocycles. The van der Waals surface area contributed by atoms with Crippen molar-refractivity contribution in [1.29, 1.82) is 0 Å². The van der Waals surface area contributed by atoms with Gasteiger partial charge in [-0.25, -0.2) is 0 Å². The Labute approximate surface area is 124 Å². The van der Waals surface area contributed by atoms with Crippen molar-refractivity contribution in [2.24, 2.45) is 11.8 Å². The van der Waals surface area contributed by atoms with Gasteiger partial charge in [0.05, 0.1) is 11.7 Å². The van der Waals surface area contributed by atoms with E-state index in [1.807, 2.05) is 0 Å². The lowest BCUT2D eigenvalue weighted by Gasteiger charge is -2.44. The second-order valence-electron chi connectivity index (χ2n) is 6.97. The number of hydrogen-bond acceptors (Lipinski definition) is 3. The number of hydrogen-bond donors (Lipinski definition) is 1. The molecule has 3 nitrogen and oxygen atoms in total. The zero-order valence-electron chi connectivity index (χ0n) is 13.8. The molecule has 0 aromatic carbocycles. The van der Waals surface area contributed by atoms with Crippen LogP contribution in [0.2, 0.25) is 0 Å². The first-order valence-corrected chi connectivity index (χ1v) is 8.54. The first-order chi connectivity index (χ1) is 9.62. The van der Waals surface area contributed by atoms with Crippen LogP contribution in [-0.2, 0) is 9.47 Å². The third-order valence-corrected chi connectivity index (χ3v) is 5.26. The molecule has 1 spiro atoms. The molecule has 2 aliphatic rings. The van der Waals surface area contributed by atoms with Gasteiger partial charge in [0.1, 0.15) is 0 Å². The highest BCUT2D eigenvalue weighted by Crippen LogP contribution is 2.43. The normalized spacial score (nSPS) is 28.9. The Hall–Kier alpha value is -0.120. The first-order valence-electron chi connectivity index (χ1n) is 8.54. The third-order valence-electron chi connectivity index (χ3n) is 5.26. The fourth-order valence-corrected chi connectivity index (χ4v) is 4.31. The van der Waals surface area contributed by atoms with Crippen LogP contribution in [-0.4, -0.2) is 38.0 Å². The monoisotopic (exact) mass is 283 g/mol. The second-order valence-corrected chi connectivity index (χ2v) is 6.97. The van der Waals surface area contributed by atoms with Gasteiger partial charge < -0.3 is 14.8 Å². The summed E-state index contributed by atoms with van der Waals surface area (Å²) < 4.78 is 12.2. The highest BCUT2D eigenvalue weighted by Gasteiger charge is 2.43. The SMILES string of the molecule is CCOC(C(C)C)C(NC)C1CCOC2(CCCC2)C1. The van der Waals surface area contributed by atoms with Crippen LogP contribution in [0.5, 0.6) is 0 Å². The molecule has 1 aliphatic heterocycles. The lowest BCUT2D eigenvalue weighted by Crippen LogP contribution is -2.52. The summed E-state index contributed by atoms with van der Waals surface area (Å²) >= 11 is 0. The standard InChI is InChI=1S/C17H33NO2/c1-5-19-16(13(2)3)15(18-4)14-8-11-20-17(12-14)9-6-7-10-17/h13-16,18H,5-12H2,1-4H3. The van der Waals surface area contributed by atoms with Crippen LogP contribution in [0.3, 0.4) is 0 Å². The van der Waals surface area contributed by atoms with Crippen molar-refractivity contribution in [2.75, 3.05) is 20.3 Å². The highest BCUT2D eigenvalue weighted by molar-refractivity contribution is 4.96. The van der Waals surface area contributed by atoms with Gasteiger partial charge in [-0.3, -0.25) is 0 Å². The summed E-state index contributed by atoms with van der Waals surface area (Å²) in [6.07, 6.45) is 7.91. The van der Waals surface area contributed by atoms with Crippen LogP contribution in [0.1, 0.15) is 59.3 Å². The average molecular weight is 283 g/mol. The van der Waals surface area contributed by atoms with Crippen molar-refractivity contribution in [1.82, 2.24) is 5.32 Å². The molecular formula is C17H33NO2. The molecule has 20 heavy (non-hydrogen) atoms. The van der Waals surface area contributed by atoms with Gasteiger partial charge in [0.25, 0.3) is 0 Å². The topological polar surface area (TPSA) is 30.5 Å². The van der Waals surface area contributed by atoms with Crippen molar-refractivity contribution >= 4 is 0 Å². The van der Waals surface area contributed by atoms with Crippen LogP contribution in [0.4, 0.5) is 0 Å². The Morgan fingerprint density at radius 2 is 2.00 bits per heavy atom. The number of nitrogens with one attached hydrogen (secondary N) is 1. The molecule has 0 radical (unpaired) electrons. The Morgan fingerprint density at radius 1 is 1.30 bits per heavy atom. The van der Waals surface area contributed by atoms with E-state index in [4.69, 9.17) is 9.47 Å². The predicted octanol–water partition coefficient (Wildman–Crippen LogP) is 3.37. The molecule has 0 amide bonds. The maximum atomic E-state index is 6.18. The summed E-state index contributed by atoms with van der Waals surface area (Å²) in [5, 5.41) is 3.56. The molecule has 2 fully saturated rings. The van der Waals surface area contributed by atoms with Gasteiger partial charge in [-0.2, -0.15) is 0 Å². The van der Waals surface area contributed by atoms with E-state index in [1.165, 1.54) is 38.5 Å². The van der Waals surface area contributed by atoms with Gasteiger partial charge >= 0.3 is 0 Å². The van der Waals surface area contributed by atoms with Gasteiger partial charge in [-0.15, -0.1) is 0 Å². The first kappa shape index (κ1) is 16.3. The largest absolute Gasteiger partial charge is 0.377 e. The lowest BCUT2D eigenvalue weighted by molar-refractivity contribution is -0.111. The Balaban J connectivity index is 2.05. The van der Waals surface area contributed by atoms with E-state index >= 15 is 0 Å². The van der Waals surface area contributed by atoms with E-state index < -0.39 is 0 Å². The molecule has 1 N–H and O–H groups in total. The maximum Gasteiger partial charge on any atom is 0.0753 e. The van der Waals surface area contributed by atoms with Crippen LogP contribution in [0.25, 0.3) is 0 Å². The molecule has 1 heterocycles. The van der Waals surface area contributed by atoms with Crippen LogP contribution >= 0.6 is 0 Å². The lowest BCUT2D eigenvalue weighted by atomic mass is 9.77. The molecular weight excluding hydrogens is 250 g/mol. The van der Waals surface area contributed by atoms with E-state index in [1.54, 1.807) is 0 Å². The summed E-state index contributed by atoms with van der Waals surface area (Å²) in [6.45, 7) is 8.38. The van der Waals surface area contributed by atoms with Gasteiger partial charge in [0.2, 0.25) is 0 Å². The molecule has 118 valence electrons. The molecule has 2 rings (SSSR count). The van der Waals surface area contributed by atoms with E-state index in [9.17, 15) is 0 Å². The quantitative estimate of drug-likeness (QED) is 0.810. The third kappa shape index (κ3) is 3.55. The zero-order valence-corrected chi connectivity index (χ0v) is 13.8. The highest BCUT2D eigenvalue weighted by atomic mass is 16.5. The summed E-state index contributed by atoms with van der Waals surface area (Å²) in [4.78, 5) is 0. The Bertz CT molecular complexity index is 287. The minimum absolute atomic E-state index is 0.200. The summed E-state index contributed by atoms with van der Waals surface area (Å²) in [5.74, 6) is 1.24. The van der Waals surface area contributed by atoms with Gasteiger partial charge in [-0.05, 0) is 51.5 Å². The van der Waals surface area contributed by atoms with Crippen LogP contribution < -0.4 is 5.32 Å². The number of likely N-dealkylation sites (N-methyl/N-ethyl adjacent to an activating group) is 1. The van der Waals surface area contributed by atoms with Crippen molar-refractivity contribution in [2.45, 2.75) is 77.0 Å². The van der Waals surface area contributed by atoms with Crippen LogP contribution in [0.15, 0.2) is 0 Å². The fraction of sp³-hybridized carbons (Fsp3) is 1.00. The minimum atomic E-state index is 0.200. The Kier molecular flexibility index (Phi) is 5.88. The van der Waals surface area contributed by atoms with E-state index in [0.29, 0.717) is 24.0 Å². The fourth-order valence-electron chi connectivity index (χ4n) is 4.31. The minimum Gasteiger partial charge on any atom is -0.377 e. The smallest absolute Gasteiger partial charge is 0.0753 e. The van der Waals surface area contributed by atoms with Crippen molar-refractivity contribution in [3.8, 4) is 0 Å². The number of rotatable bonds is 6. The molecule has 3 unspecified atom stereocenters. The van der Waals surface area contributed by atoms with Crippen molar-refractivity contribution in [3.05, 3.63) is 0 Å². The molecule has 0 aromatic heterocycles. The maximum absolute atomic E-state index is 6.18. The molecule has 1 saturated carbocycles. The second kappa shape index (κ2) is 7.24. The van der Waals surface area contributed by atoms with Crippen LogP contribution in [0, 0.1) is 11.8 Å². The van der Waals surface area contributed by atoms with Gasteiger partial charge in [-0.1, -0.05) is 26.7 Å². The average Bonchev–Trinajstić information content (AvgIpc) is 2.86. The summed E-state index contributed by atoms with van der Waals surface area (Å²) in [6, 6.07) is 0.455. The molecule has 3 heteroatoms. The zero-order chi connectivity index (χ0) is 14.6. The Morgan fingerprint density at radius 3 is 2.55 bits per heavy atom. The summed E-state index contributed by atoms with van der Waals surface area (Å²) in [5.41, 5.74) is 0.200. The number of ether oxygens (including phenoxy) is 2. The van der Waals surface area contributed by atoms with Gasteiger partial charge in [0, 0.05) is 19.3 Å². The molecule has 3 atom stereocenters. The summed E-state index contributed by atoms with van der Waals surface area (Å²) in [7, 11) is 2.09. The van der Waals surface area contributed by atoms with E-state index in [2.05, 4.69) is 33.1 Å². The van der Waals surface area contributed by atoms with Crippen molar-refractivity contribution in [3.63, 3.8) is 0 Å². The predicted molar refractivity (Wildman–Crippen MR) is 83.0 cm³/mol. The van der Waals surface area contributed by atoms with E-state index in [-0.39, 0.29) is 5.60 Å². The molecule has 1 aliphatic carbocycles. The molecule has 0 aromatic rings. The molecule has 0 bridgehead atoms. The van der Waals surface area contributed by atoms with Gasteiger partial charge in [0.15, 0.2) is 0 Å². The van der Waals surface area contributed by atoms with E-state index in [0.717, 1.165) is 13.2 Å².